The first-order chi connectivity index (χ1) is 8.58. The smallest absolute Gasteiger partial charge is 0.324 e. The molecule has 1 aromatic carbocycles. The van der Waals surface area contributed by atoms with Gasteiger partial charge in [-0.3, -0.25) is 10.1 Å². The van der Waals surface area contributed by atoms with E-state index in [2.05, 4.69) is 21.2 Å². The third-order valence-corrected chi connectivity index (χ3v) is 4.56. The van der Waals surface area contributed by atoms with Crippen molar-refractivity contribution in [2.24, 2.45) is 0 Å². The normalized spacial score (nSPS) is 10.3. The Morgan fingerprint density at radius 1 is 1.39 bits per heavy atom. The number of rotatable bonds is 4. The number of hydrogen-bond donors (Lipinski definition) is 1. The fourth-order valence-electron chi connectivity index (χ4n) is 1.53. The third kappa shape index (κ3) is 2.88. The number of benzene rings is 1. The first-order valence-corrected chi connectivity index (χ1v) is 6.91. The van der Waals surface area contributed by atoms with Crippen LogP contribution in [0.4, 0.5) is 10.7 Å². The summed E-state index contributed by atoms with van der Waals surface area (Å²) in [6.45, 7) is 2.60. The summed E-state index contributed by atoms with van der Waals surface area (Å²) in [6, 6.07) is 9.27. The van der Waals surface area contributed by atoms with Crippen LogP contribution in [0.2, 0.25) is 0 Å². The summed E-state index contributed by atoms with van der Waals surface area (Å²) in [6.07, 6.45) is 0. The Kier molecular flexibility index (Phi) is 3.98. The number of halogens is 1. The van der Waals surface area contributed by atoms with Crippen molar-refractivity contribution in [2.45, 2.75) is 13.5 Å². The Labute approximate surface area is 117 Å². The first kappa shape index (κ1) is 13.0. The van der Waals surface area contributed by atoms with Crippen LogP contribution in [0.5, 0.6) is 0 Å². The van der Waals surface area contributed by atoms with Gasteiger partial charge in [0.25, 0.3) is 0 Å². The zero-order valence-corrected chi connectivity index (χ0v) is 12.0. The molecule has 0 amide bonds. The Bertz CT molecular complexity index is 583. The van der Waals surface area contributed by atoms with E-state index in [0.717, 1.165) is 20.6 Å². The maximum Gasteiger partial charge on any atom is 0.324 e. The van der Waals surface area contributed by atoms with Gasteiger partial charge in [0.2, 0.25) is 0 Å². The van der Waals surface area contributed by atoms with Crippen LogP contribution in [-0.4, -0.2) is 4.92 Å². The molecule has 1 aromatic heterocycles. The number of thiophene rings is 1. The van der Waals surface area contributed by atoms with Gasteiger partial charge in [0.05, 0.1) is 4.92 Å². The lowest BCUT2D eigenvalue weighted by atomic mass is 10.2. The van der Waals surface area contributed by atoms with Gasteiger partial charge in [-0.25, -0.2) is 0 Å². The second-order valence-corrected chi connectivity index (χ2v) is 5.73. The fraction of sp³-hybridized carbons (Fsp3) is 0.167. The van der Waals surface area contributed by atoms with Crippen LogP contribution in [0.3, 0.4) is 0 Å². The molecule has 1 N–H and O–H groups in total. The van der Waals surface area contributed by atoms with E-state index >= 15 is 0 Å². The second kappa shape index (κ2) is 5.49. The van der Waals surface area contributed by atoms with Crippen LogP contribution in [0, 0.1) is 17.0 Å². The van der Waals surface area contributed by atoms with E-state index in [1.165, 1.54) is 17.4 Å². The van der Waals surface area contributed by atoms with E-state index in [1.807, 2.05) is 25.1 Å². The molecule has 0 aliphatic rings. The molecular weight excluding hydrogens is 316 g/mol. The Balaban J connectivity index is 2.07. The van der Waals surface area contributed by atoms with Gasteiger partial charge < -0.3 is 5.32 Å². The molecule has 2 rings (SSSR count). The highest BCUT2D eigenvalue weighted by Gasteiger charge is 2.09. The molecule has 6 heteroatoms. The van der Waals surface area contributed by atoms with Gasteiger partial charge >= 0.3 is 5.00 Å². The maximum atomic E-state index is 10.6. The van der Waals surface area contributed by atoms with E-state index in [9.17, 15) is 10.1 Å². The van der Waals surface area contributed by atoms with Crippen molar-refractivity contribution < 1.29 is 4.92 Å². The van der Waals surface area contributed by atoms with E-state index in [1.54, 1.807) is 6.07 Å². The van der Waals surface area contributed by atoms with Crippen LogP contribution in [0.15, 0.2) is 34.8 Å². The molecule has 0 aliphatic carbocycles. The van der Waals surface area contributed by atoms with Crippen LogP contribution in [0.1, 0.15) is 10.4 Å². The molecular formula is C12H11BrN2O2S. The van der Waals surface area contributed by atoms with Crippen LogP contribution in [0.25, 0.3) is 0 Å². The molecule has 0 bridgehead atoms. The molecule has 0 spiro atoms. The average Bonchev–Trinajstić information content (AvgIpc) is 2.80. The topological polar surface area (TPSA) is 55.2 Å². The summed E-state index contributed by atoms with van der Waals surface area (Å²) in [5, 5.41) is 14.0. The van der Waals surface area contributed by atoms with Gasteiger partial charge in [0.15, 0.2) is 0 Å². The highest BCUT2D eigenvalue weighted by molar-refractivity contribution is 9.10. The summed E-state index contributed by atoms with van der Waals surface area (Å²) in [4.78, 5) is 11.2. The predicted octanol–water partition coefficient (Wildman–Crippen LogP) is 4.34. The lowest BCUT2D eigenvalue weighted by Crippen LogP contribution is -1.98. The fourth-order valence-corrected chi connectivity index (χ4v) is 2.69. The van der Waals surface area contributed by atoms with Gasteiger partial charge in [-0.2, -0.15) is 0 Å². The molecule has 0 saturated heterocycles. The Hall–Kier alpha value is -1.40. The second-order valence-electron chi connectivity index (χ2n) is 3.79. The van der Waals surface area contributed by atoms with Crippen LogP contribution in [-0.2, 0) is 6.54 Å². The lowest BCUT2D eigenvalue weighted by molar-refractivity contribution is -0.380. The molecule has 0 unspecified atom stereocenters. The average molecular weight is 327 g/mol. The highest BCUT2D eigenvalue weighted by Crippen LogP contribution is 2.28. The van der Waals surface area contributed by atoms with E-state index in [4.69, 9.17) is 0 Å². The summed E-state index contributed by atoms with van der Waals surface area (Å²) >= 11 is 4.71. The molecule has 94 valence electrons. The summed E-state index contributed by atoms with van der Waals surface area (Å²) in [5.41, 5.74) is 2.14. The molecule has 0 fully saturated rings. The first-order valence-electron chi connectivity index (χ1n) is 5.30. The minimum absolute atomic E-state index is 0.176. The van der Waals surface area contributed by atoms with Crippen LogP contribution >= 0.6 is 27.3 Å². The van der Waals surface area contributed by atoms with Crippen molar-refractivity contribution in [3.63, 3.8) is 0 Å². The summed E-state index contributed by atoms with van der Waals surface area (Å²) < 4.78 is 1.02. The molecule has 0 aliphatic heterocycles. The number of nitrogens with one attached hydrogen (secondary N) is 1. The van der Waals surface area contributed by atoms with Crippen molar-refractivity contribution in [1.29, 1.82) is 0 Å². The van der Waals surface area contributed by atoms with E-state index in [-0.39, 0.29) is 9.92 Å². The number of hydrogen-bond acceptors (Lipinski definition) is 4. The van der Waals surface area contributed by atoms with Gasteiger partial charge in [0, 0.05) is 27.6 Å². The van der Waals surface area contributed by atoms with Crippen molar-refractivity contribution in [1.82, 2.24) is 0 Å². The van der Waals surface area contributed by atoms with Crippen molar-refractivity contribution in [3.8, 4) is 0 Å². The van der Waals surface area contributed by atoms with E-state index < -0.39 is 0 Å². The minimum atomic E-state index is -0.364. The zero-order chi connectivity index (χ0) is 13.1. The molecule has 4 nitrogen and oxygen atoms in total. The standard InChI is InChI=1S/C12H11BrN2O2S/c1-8-3-2-4-10(12(8)13)14-7-9-5-6-11(18-9)15(16)17/h2-6,14H,7H2,1H3. The third-order valence-electron chi connectivity index (χ3n) is 2.47. The van der Waals surface area contributed by atoms with Gasteiger partial charge in [-0.1, -0.05) is 23.5 Å². The number of anilines is 1. The van der Waals surface area contributed by atoms with Gasteiger partial charge in [-0.15, -0.1) is 0 Å². The quantitative estimate of drug-likeness (QED) is 0.671. The molecule has 0 atom stereocenters. The highest BCUT2D eigenvalue weighted by atomic mass is 79.9. The SMILES string of the molecule is Cc1cccc(NCc2ccc([N+](=O)[O-])s2)c1Br. The predicted molar refractivity (Wildman–Crippen MR) is 77.2 cm³/mol. The Morgan fingerprint density at radius 2 is 2.17 bits per heavy atom. The van der Waals surface area contributed by atoms with Gasteiger partial charge in [0.1, 0.15) is 0 Å². The van der Waals surface area contributed by atoms with Crippen molar-refractivity contribution in [2.75, 3.05) is 5.32 Å². The molecule has 1 heterocycles. The lowest BCUT2D eigenvalue weighted by Gasteiger charge is -2.08. The van der Waals surface area contributed by atoms with Crippen molar-refractivity contribution >= 4 is 38.0 Å². The van der Waals surface area contributed by atoms with Crippen molar-refractivity contribution in [3.05, 3.63) is 55.4 Å². The molecule has 18 heavy (non-hydrogen) atoms. The monoisotopic (exact) mass is 326 g/mol. The maximum absolute atomic E-state index is 10.6. The molecule has 0 saturated carbocycles. The largest absolute Gasteiger partial charge is 0.379 e. The summed E-state index contributed by atoms with van der Waals surface area (Å²) in [5.74, 6) is 0. The Morgan fingerprint density at radius 3 is 2.83 bits per heavy atom. The van der Waals surface area contributed by atoms with E-state index in [0.29, 0.717) is 6.54 Å². The van der Waals surface area contributed by atoms with Crippen LogP contribution < -0.4 is 5.32 Å². The minimum Gasteiger partial charge on any atom is -0.379 e. The summed E-state index contributed by atoms with van der Waals surface area (Å²) in [7, 11) is 0. The van der Waals surface area contributed by atoms with Gasteiger partial charge in [-0.05, 0) is 40.5 Å². The zero-order valence-electron chi connectivity index (χ0n) is 9.64. The molecule has 2 aromatic rings. The number of nitrogens with zero attached hydrogens (tertiary/aromatic N) is 1. The number of aryl methyl sites for hydroxylation is 1. The molecule has 0 radical (unpaired) electrons. The number of nitro groups is 1.